The molecule has 0 atom stereocenters. The molecule has 2 heterocycles. The van der Waals surface area contributed by atoms with Crippen LogP contribution in [0.5, 0.6) is 0 Å². The van der Waals surface area contributed by atoms with E-state index in [1.54, 1.807) is 16.9 Å². The third-order valence-corrected chi connectivity index (χ3v) is 3.55. The second-order valence-corrected chi connectivity index (χ2v) is 5.15. The number of anilines is 1. The van der Waals surface area contributed by atoms with E-state index in [2.05, 4.69) is 25.4 Å². The topological polar surface area (TPSA) is 59.2 Å². The SMILES string of the molecule is CN(CC1CC(Cl)C1)c1cncc2nnnn12. The molecule has 0 unspecified atom stereocenters. The summed E-state index contributed by atoms with van der Waals surface area (Å²) in [6.45, 7) is 0.962. The highest BCUT2D eigenvalue weighted by Crippen LogP contribution is 2.32. The zero-order valence-corrected chi connectivity index (χ0v) is 10.2. The minimum absolute atomic E-state index is 0.357. The lowest BCUT2D eigenvalue weighted by atomic mass is 9.84. The summed E-state index contributed by atoms with van der Waals surface area (Å²) in [5.41, 5.74) is 0.665. The van der Waals surface area contributed by atoms with Gasteiger partial charge in [0, 0.05) is 19.0 Å². The number of aromatic nitrogens is 5. The zero-order valence-electron chi connectivity index (χ0n) is 9.49. The Morgan fingerprint density at radius 1 is 1.47 bits per heavy atom. The summed E-state index contributed by atoms with van der Waals surface area (Å²) in [6, 6.07) is 0. The summed E-state index contributed by atoms with van der Waals surface area (Å²) >= 11 is 5.98. The Labute approximate surface area is 104 Å². The quantitative estimate of drug-likeness (QED) is 0.762. The van der Waals surface area contributed by atoms with E-state index < -0.39 is 0 Å². The van der Waals surface area contributed by atoms with E-state index in [-0.39, 0.29) is 0 Å². The maximum atomic E-state index is 5.98. The third-order valence-electron chi connectivity index (χ3n) is 3.19. The number of nitrogens with zero attached hydrogens (tertiary/aromatic N) is 6. The molecule has 6 nitrogen and oxygen atoms in total. The van der Waals surface area contributed by atoms with E-state index >= 15 is 0 Å². The van der Waals surface area contributed by atoms with E-state index in [1.807, 2.05) is 7.05 Å². The van der Waals surface area contributed by atoms with Crippen LogP contribution in [0.15, 0.2) is 12.4 Å². The van der Waals surface area contributed by atoms with Crippen molar-refractivity contribution in [1.29, 1.82) is 0 Å². The molecule has 0 aliphatic heterocycles. The van der Waals surface area contributed by atoms with Crippen molar-refractivity contribution in [2.24, 2.45) is 5.92 Å². The molecule has 1 fully saturated rings. The summed E-state index contributed by atoms with van der Waals surface area (Å²) in [6.07, 6.45) is 5.60. The number of fused-ring (bicyclic) bond motifs is 1. The fourth-order valence-electron chi connectivity index (χ4n) is 2.21. The van der Waals surface area contributed by atoms with Crippen molar-refractivity contribution in [3.63, 3.8) is 0 Å². The Kier molecular flexibility index (Phi) is 2.58. The molecule has 1 aliphatic rings. The number of tetrazole rings is 1. The van der Waals surface area contributed by atoms with Crippen molar-refractivity contribution in [2.75, 3.05) is 18.5 Å². The predicted molar refractivity (Wildman–Crippen MR) is 64.2 cm³/mol. The number of rotatable bonds is 3. The largest absolute Gasteiger partial charge is 0.358 e. The Hall–Kier alpha value is -1.43. The van der Waals surface area contributed by atoms with Gasteiger partial charge in [-0.2, -0.15) is 4.52 Å². The summed E-state index contributed by atoms with van der Waals surface area (Å²) in [7, 11) is 2.03. The van der Waals surface area contributed by atoms with Crippen LogP contribution in [0.2, 0.25) is 0 Å². The molecule has 0 radical (unpaired) electrons. The fourth-order valence-corrected chi connectivity index (χ4v) is 2.71. The molecule has 0 aromatic carbocycles. The average molecular weight is 253 g/mol. The summed E-state index contributed by atoms with van der Waals surface area (Å²) in [5.74, 6) is 1.57. The minimum Gasteiger partial charge on any atom is -0.358 e. The Balaban J connectivity index is 1.80. The van der Waals surface area contributed by atoms with Gasteiger partial charge in [-0.1, -0.05) is 0 Å². The van der Waals surface area contributed by atoms with Crippen LogP contribution in [-0.2, 0) is 0 Å². The van der Waals surface area contributed by atoms with E-state index in [1.165, 1.54) is 0 Å². The first-order valence-corrected chi connectivity index (χ1v) is 6.05. The maximum absolute atomic E-state index is 5.98. The van der Waals surface area contributed by atoms with Crippen LogP contribution >= 0.6 is 11.6 Å². The molecule has 0 amide bonds. The van der Waals surface area contributed by atoms with Gasteiger partial charge < -0.3 is 4.90 Å². The van der Waals surface area contributed by atoms with Crippen molar-refractivity contribution < 1.29 is 0 Å². The van der Waals surface area contributed by atoms with Crippen LogP contribution in [0.3, 0.4) is 0 Å². The van der Waals surface area contributed by atoms with Crippen molar-refractivity contribution in [2.45, 2.75) is 18.2 Å². The van der Waals surface area contributed by atoms with Gasteiger partial charge in [0.15, 0.2) is 11.5 Å². The number of alkyl halides is 1. The van der Waals surface area contributed by atoms with Gasteiger partial charge in [-0.25, -0.2) is 0 Å². The Morgan fingerprint density at radius 2 is 2.29 bits per heavy atom. The second-order valence-electron chi connectivity index (χ2n) is 4.53. The maximum Gasteiger partial charge on any atom is 0.199 e. The van der Waals surface area contributed by atoms with Crippen LogP contribution in [-0.4, -0.2) is 44.0 Å². The van der Waals surface area contributed by atoms with Crippen molar-refractivity contribution in [1.82, 2.24) is 25.0 Å². The first-order chi connectivity index (χ1) is 8.24. The normalized spacial score (nSPS) is 23.6. The summed E-state index contributed by atoms with van der Waals surface area (Å²) in [4.78, 5) is 6.27. The Morgan fingerprint density at radius 3 is 3.06 bits per heavy atom. The Bertz CT molecular complexity index is 520. The monoisotopic (exact) mass is 252 g/mol. The molecule has 0 bridgehead atoms. The van der Waals surface area contributed by atoms with Gasteiger partial charge in [-0.15, -0.1) is 16.7 Å². The van der Waals surface area contributed by atoms with E-state index in [0.717, 1.165) is 25.2 Å². The molecular formula is C10H13ClN6. The lowest BCUT2D eigenvalue weighted by Crippen LogP contribution is -2.35. The van der Waals surface area contributed by atoms with Crippen LogP contribution in [0.4, 0.5) is 5.82 Å². The summed E-state index contributed by atoms with van der Waals surface area (Å²) < 4.78 is 1.70. The van der Waals surface area contributed by atoms with Crippen LogP contribution in [0.25, 0.3) is 5.65 Å². The molecule has 2 aromatic heterocycles. The zero-order chi connectivity index (χ0) is 11.8. The van der Waals surface area contributed by atoms with E-state index in [4.69, 9.17) is 11.6 Å². The number of hydrogen-bond donors (Lipinski definition) is 0. The molecule has 1 aliphatic carbocycles. The van der Waals surface area contributed by atoms with Gasteiger partial charge in [0.05, 0.1) is 12.4 Å². The molecule has 0 N–H and O–H groups in total. The molecule has 3 rings (SSSR count). The molecule has 90 valence electrons. The standard InChI is InChI=1S/C10H13ClN6/c1-16(6-7-2-8(11)3-7)10-5-12-4-9-13-14-15-17(9)10/h4-5,7-8H,2-3,6H2,1H3. The highest BCUT2D eigenvalue weighted by atomic mass is 35.5. The first kappa shape index (κ1) is 10.7. The van der Waals surface area contributed by atoms with Gasteiger partial charge in [0.1, 0.15) is 0 Å². The first-order valence-electron chi connectivity index (χ1n) is 5.61. The van der Waals surface area contributed by atoms with Crippen LogP contribution < -0.4 is 4.90 Å². The second kappa shape index (κ2) is 4.10. The van der Waals surface area contributed by atoms with Gasteiger partial charge in [-0.05, 0) is 29.2 Å². The number of hydrogen-bond acceptors (Lipinski definition) is 5. The molecule has 2 aromatic rings. The van der Waals surface area contributed by atoms with Gasteiger partial charge in [0.25, 0.3) is 0 Å². The van der Waals surface area contributed by atoms with Crippen molar-refractivity contribution in [3.8, 4) is 0 Å². The van der Waals surface area contributed by atoms with Crippen LogP contribution in [0.1, 0.15) is 12.8 Å². The summed E-state index contributed by atoms with van der Waals surface area (Å²) in [5, 5.41) is 11.8. The predicted octanol–water partition coefficient (Wildman–Crippen LogP) is 0.973. The lowest BCUT2D eigenvalue weighted by molar-refractivity contribution is 0.328. The van der Waals surface area contributed by atoms with E-state index in [9.17, 15) is 0 Å². The molecule has 17 heavy (non-hydrogen) atoms. The molecule has 0 saturated heterocycles. The van der Waals surface area contributed by atoms with Gasteiger partial charge >= 0.3 is 0 Å². The third kappa shape index (κ3) is 1.93. The highest BCUT2D eigenvalue weighted by Gasteiger charge is 2.28. The molecular weight excluding hydrogens is 240 g/mol. The van der Waals surface area contributed by atoms with Crippen molar-refractivity contribution in [3.05, 3.63) is 12.4 Å². The molecule has 0 spiro atoms. The average Bonchev–Trinajstić information content (AvgIpc) is 2.74. The molecule has 7 heteroatoms. The fraction of sp³-hybridized carbons (Fsp3) is 0.600. The molecule has 1 saturated carbocycles. The minimum atomic E-state index is 0.357. The van der Waals surface area contributed by atoms with E-state index in [0.29, 0.717) is 16.9 Å². The lowest BCUT2D eigenvalue weighted by Gasteiger charge is -2.34. The smallest absolute Gasteiger partial charge is 0.199 e. The highest BCUT2D eigenvalue weighted by molar-refractivity contribution is 6.21. The van der Waals surface area contributed by atoms with Crippen molar-refractivity contribution >= 4 is 23.1 Å². The van der Waals surface area contributed by atoms with Crippen LogP contribution in [0, 0.1) is 5.92 Å². The number of halogens is 1. The van der Waals surface area contributed by atoms with Gasteiger partial charge in [0.2, 0.25) is 0 Å². The van der Waals surface area contributed by atoms with Gasteiger partial charge in [-0.3, -0.25) is 4.98 Å².